The largest absolute Gasteiger partial charge is 0.335 e. The second kappa shape index (κ2) is 10.2. The Morgan fingerprint density at radius 3 is 2.55 bits per heavy atom. The quantitative estimate of drug-likeness (QED) is 0.543. The number of rotatable bonds is 6. The fourth-order valence-electron chi connectivity index (χ4n) is 4.83. The molecule has 6 nitrogen and oxygen atoms in total. The van der Waals surface area contributed by atoms with Gasteiger partial charge in [-0.15, -0.1) is 0 Å². The molecule has 6 heteroatoms. The zero-order valence-corrected chi connectivity index (χ0v) is 19.9. The van der Waals surface area contributed by atoms with E-state index in [1.807, 2.05) is 67.3 Å². The second-order valence-corrected chi connectivity index (χ2v) is 9.07. The van der Waals surface area contributed by atoms with Crippen LogP contribution in [0.4, 0.5) is 4.79 Å². The van der Waals surface area contributed by atoms with Crippen LogP contribution in [0, 0.1) is 6.92 Å². The molecule has 1 saturated carbocycles. The van der Waals surface area contributed by atoms with E-state index in [0.29, 0.717) is 23.3 Å². The first kappa shape index (κ1) is 23.0. The van der Waals surface area contributed by atoms with E-state index in [4.69, 9.17) is 4.98 Å². The fourth-order valence-corrected chi connectivity index (χ4v) is 4.83. The van der Waals surface area contributed by atoms with Gasteiger partial charge in [0.15, 0.2) is 0 Å². The van der Waals surface area contributed by atoms with Crippen molar-refractivity contribution in [2.45, 2.75) is 71.4 Å². The summed E-state index contributed by atoms with van der Waals surface area (Å²) in [6.07, 6.45) is 6.45. The molecule has 33 heavy (non-hydrogen) atoms. The third kappa shape index (κ3) is 4.80. The van der Waals surface area contributed by atoms with Gasteiger partial charge in [0, 0.05) is 12.6 Å². The predicted octanol–water partition coefficient (Wildman–Crippen LogP) is 5.51. The van der Waals surface area contributed by atoms with E-state index in [2.05, 4.69) is 12.2 Å². The van der Waals surface area contributed by atoms with Gasteiger partial charge in [0.25, 0.3) is 5.56 Å². The van der Waals surface area contributed by atoms with Gasteiger partial charge >= 0.3 is 6.03 Å². The average Bonchev–Trinajstić information content (AvgIpc) is 2.83. The van der Waals surface area contributed by atoms with Gasteiger partial charge in [-0.25, -0.2) is 9.78 Å². The standard InChI is InChI=1S/C27H34N4O2/c1-4-18-30(27(33)28-21-13-6-5-7-14-21)20(3)25-29-23-16-10-9-15-22(23)26(32)31(25)24-17-11-8-12-19(24)2/h8-12,15-17,20-21H,4-7,13-14,18H2,1-3H3,(H,28,33). The van der Waals surface area contributed by atoms with Crippen LogP contribution in [0.25, 0.3) is 16.6 Å². The lowest BCUT2D eigenvalue weighted by atomic mass is 9.96. The number of nitrogens with one attached hydrogen (secondary N) is 1. The molecule has 1 heterocycles. The number of hydrogen-bond acceptors (Lipinski definition) is 3. The number of urea groups is 1. The number of para-hydroxylation sites is 2. The highest BCUT2D eigenvalue weighted by Gasteiger charge is 2.28. The highest BCUT2D eigenvalue weighted by molar-refractivity contribution is 5.78. The first-order valence-electron chi connectivity index (χ1n) is 12.2. The molecule has 1 aliphatic carbocycles. The highest BCUT2D eigenvalue weighted by Crippen LogP contribution is 2.25. The Hall–Kier alpha value is -3.15. The molecule has 1 aliphatic rings. The van der Waals surface area contributed by atoms with Gasteiger partial charge < -0.3 is 10.2 Å². The van der Waals surface area contributed by atoms with E-state index in [9.17, 15) is 9.59 Å². The third-order valence-electron chi connectivity index (χ3n) is 6.66. The minimum Gasteiger partial charge on any atom is -0.335 e. The molecule has 4 rings (SSSR count). The number of aryl methyl sites for hydroxylation is 1. The van der Waals surface area contributed by atoms with Crippen LogP contribution in [-0.4, -0.2) is 33.1 Å². The van der Waals surface area contributed by atoms with Crippen LogP contribution in [-0.2, 0) is 0 Å². The van der Waals surface area contributed by atoms with Crippen molar-refractivity contribution in [1.29, 1.82) is 0 Å². The third-order valence-corrected chi connectivity index (χ3v) is 6.66. The summed E-state index contributed by atoms with van der Waals surface area (Å²) in [7, 11) is 0. The van der Waals surface area contributed by atoms with Gasteiger partial charge in [0.2, 0.25) is 0 Å². The van der Waals surface area contributed by atoms with E-state index < -0.39 is 0 Å². The Labute approximate surface area is 195 Å². The summed E-state index contributed by atoms with van der Waals surface area (Å²) in [5, 5.41) is 3.82. The summed E-state index contributed by atoms with van der Waals surface area (Å²) in [5.74, 6) is 0.584. The normalized spacial score (nSPS) is 15.4. The number of benzene rings is 2. The molecule has 2 aromatic carbocycles. The Balaban J connectivity index is 1.80. The van der Waals surface area contributed by atoms with Gasteiger partial charge in [-0.2, -0.15) is 0 Å². The number of aromatic nitrogens is 2. The number of hydrogen-bond donors (Lipinski definition) is 1. The SMILES string of the molecule is CCCN(C(=O)NC1CCCCC1)C(C)c1nc2ccccc2c(=O)n1-c1ccccc1C. The smallest absolute Gasteiger partial charge is 0.318 e. The number of fused-ring (bicyclic) bond motifs is 1. The van der Waals surface area contributed by atoms with Crippen molar-refractivity contribution in [2.24, 2.45) is 0 Å². The van der Waals surface area contributed by atoms with Gasteiger partial charge in [-0.05, 0) is 56.9 Å². The van der Waals surface area contributed by atoms with Gasteiger partial charge in [0.05, 0.1) is 22.6 Å². The topological polar surface area (TPSA) is 67.2 Å². The summed E-state index contributed by atoms with van der Waals surface area (Å²) in [5.41, 5.74) is 2.32. The fraction of sp³-hybridized carbons (Fsp3) is 0.444. The van der Waals surface area contributed by atoms with Crippen molar-refractivity contribution in [3.63, 3.8) is 0 Å². The molecule has 1 atom stereocenters. The van der Waals surface area contributed by atoms with Crippen molar-refractivity contribution in [2.75, 3.05) is 6.54 Å². The maximum atomic E-state index is 13.7. The van der Waals surface area contributed by atoms with Crippen molar-refractivity contribution < 1.29 is 4.79 Å². The Kier molecular flexibility index (Phi) is 7.11. The molecule has 3 aromatic rings. The predicted molar refractivity (Wildman–Crippen MR) is 133 cm³/mol. The summed E-state index contributed by atoms with van der Waals surface area (Å²) in [6, 6.07) is 15.0. The van der Waals surface area contributed by atoms with Gasteiger partial charge in [-0.1, -0.05) is 56.5 Å². The van der Waals surface area contributed by atoms with Crippen molar-refractivity contribution in [1.82, 2.24) is 19.8 Å². The molecule has 0 spiro atoms. The molecular formula is C27H34N4O2. The maximum Gasteiger partial charge on any atom is 0.318 e. The molecule has 0 aliphatic heterocycles. The van der Waals surface area contributed by atoms with Gasteiger partial charge in [0.1, 0.15) is 5.82 Å². The summed E-state index contributed by atoms with van der Waals surface area (Å²) in [6.45, 7) is 6.62. The van der Waals surface area contributed by atoms with Crippen molar-refractivity contribution in [3.8, 4) is 5.69 Å². The van der Waals surface area contributed by atoms with Crippen LogP contribution >= 0.6 is 0 Å². The number of carbonyl (C=O) groups excluding carboxylic acids is 1. The van der Waals surface area contributed by atoms with Crippen molar-refractivity contribution >= 4 is 16.9 Å². The Morgan fingerprint density at radius 1 is 1.12 bits per heavy atom. The summed E-state index contributed by atoms with van der Waals surface area (Å²) >= 11 is 0. The van der Waals surface area contributed by atoms with E-state index in [1.54, 1.807) is 4.57 Å². The summed E-state index contributed by atoms with van der Waals surface area (Å²) < 4.78 is 1.69. The highest BCUT2D eigenvalue weighted by atomic mass is 16.2. The van der Waals surface area contributed by atoms with Crippen LogP contribution in [0.5, 0.6) is 0 Å². The molecule has 1 unspecified atom stereocenters. The first-order chi connectivity index (χ1) is 16.0. The van der Waals surface area contributed by atoms with Crippen LogP contribution in [0.3, 0.4) is 0 Å². The number of amides is 2. The lowest BCUT2D eigenvalue weighted by molar-refractivity contribution is 0.169. The molecule has 174 valence electrons. The second-order valence-electron chi connectivity index (χ2n) is 9.07. The van der Waals surface area contributed by atoms with Crippen LogP contribution in [0.2, 0.25) is 0 Å². The zero-order valence-electron chi connectivity index (χ0n) is 19.9. The van der Waals surface area contributed by atoms with E-state index in [1.165, 1.54) is 6.42 Å². The minimum absolute atomic E-state index is 0.0741. The molecule has 0 saturated heterocycles. The molecule has 0 radical (unpaired) electrons. The van der Waals surface area contributed by atoms with Crippen LogP contribution in [0.1, 0.15) is 69.8 Å². The molecular weight excluding hydrogens is 412 g/mol. The average molecular weight is 447 g/mol. The lowest BCUT2D eigenvalue weighted by Crippen LogP contribution is -2.47. The first-order valence-corrected chi connectivity index (χ1v) is 12.2. The monoisotopic (exact) mass is 446 g/mol. The van der Waals surface area contributed by atoms with Crippen molar-refractivity contribution in [3.05, 3.63) is 70.3 Å². The van der Waals surface area contributed by atoms with E-state index in [-0.39, 0.29) is 23.7 Å². The molecule has 0 bridgehead atoms. The Bertz CT molecular complexity index is 1180. The molecule has 1 fully saturated rings. The number of carbonyl (C=O) groups is 1. The number of nitrogens with zero attached hydrogens (tertiary/aromatic N) is 3. The summed E-state index contributed by atoms with van der Waals surface area (Å²) in [4.78, 5) is 33.8. The molecule has 1 N–H and O–H groups in total. The minimum atomic E-state index is -0.370. The molecule has 1 aromatic heterocycles. The Morgan fingerprint density at radius 2 is 1.82 bits per heavy atom. The van der Waals surface area contributed by atoms with Crippen LogP contribution < -0.4 is 10.9 Å². The lowest BCUT2D eigenvalue weighted by Gasteiger charge is -2.33. The van der Waals surface area contributed by atoms with Gasteiger partial charge in [-0.3, -0.25) is 9.36 Å². The maximum absolute atomic E-state index is 13.7. The van der Waals surface area contributed by atoms with E-state index >= 15 is 0 Å². The van der Waals surface area contributed by atoms with Crippen LogP contribution in [0.15, 0.2) is 53.3 Å². The molecule has 2 amide bonds. The zero-order chi connectivity index (χ0) is 23.4. The van der Waals surface area contributed by atoms with E-state index in [0.717, 1.165) is 43.4 Å².